The molecule has 2 aromatic carbocycles. The molecule has 0 aliphatic rings. The highest BCUT2D eigenvalue weighted by molar-refractivity contribution is 5.67. The summed E-state index contributed by atoms with van der Waals surface area (Å²) in [4.78, 5) is 11.0. The average molecular weight is 301 g/mol. The van der Waals surface area contributed by atoms with Crippen LogP contribution in [0.4, 0.5) is 4.39 Å². The van der Waals surface area contributed by atoms with Gasteiger partial charge in [-0.1, -0.05) is 48.5 Å². The number of carbonyl (C=O) groups is 1. The Kier molecular flexibility index (Phi) is 6.10. The molecule has 2 aromatic rings. The van der Waals surface area contributed by atoms with Gasteiger partial charge in [-0.15, -0.1) is 0 Å². The lowest BCUT2D eigenvalue weighted by Gasteiger charge is -2.17. The second-order valence-electron chi connectivity index (χ2n) is 5.29. The number of aliphatic carboxylic acids is 1. The van der Waals surface area contributed by atoms with E-state index in [2.05, 4.69) is 5.32 Å². The molecule has 0 saturated carbocycles. The maximum absolute atomic E-state index is 13.6. The molecular weight excluding hydrogens is 281 g/mol. The van der Waals surface area contributed by atoms with Gasteiger partial charge in [0.05, 0.1) is 6.42 Å². The van der Waals surface area contributed by atoms with E-state index in [1.165, 1.54) is 6.07 Å². The molecular formula is C18H20FNO2. The van der Waals surface area contributed by atoms with Crippen LogP contribution in [0.15, 0.2) is 54.6 Å². The first-order chi connectivity index (χ1) is 10.6. The molecule has 3 nitrogen and oxygen atoms in total. The summed E-state index contributed by atoms with van der Waals surface area (Å²) >= 11 is 0. The summed E-state index contributed by atoms with van der Waals surface area (Å²) in [6.45, 7) is 0.607. The Bertz CT molecular complexity index is 601. The fourth-order valence-electron chi connectivity index (χ4n) is 2.38. The summed E-state index contributed by atoms with van der Waals surface area (Å²) < 4.78 is 13.6. The van der Waals surface area contributed by atoms with Gasteiger partial charge in [0.25, 0.3) is 0 Å². The molecule has 2 N–H and O–H groups in total. The van der Waals surface area contributed by atoms with E-state index in [1.54, 1.807) is 18.2 Å². The molecule has 0 heterocycles. The molecule has 2 rings (SSSR count). The molecule has 0 bridgehead atoms. The standard InChI is InChI=1S/C18H20FNO2/c19-17-9-5-4-8-15(17)10-11-16(12-18(21)22)20-13-14-6-2-1-3-7-14/h1-9,16,20H,10-13H2,(H,21,22). The maximum Gasteiger partial charge on any atom is 0.304 e. The molecule has 4 heteroatoms. The van der Waals surface area contributed by atoms with Crippen molar-refractivity contribution >= 4 is 5.97 Å². The van der Waals surface area contributed by atoms with Gasteiger partial charge in [-0.05, 0) is 30.0 Å². The summed E-state index contributed by atoms with van der Waals surface area (Å²) in [7, 11) is 0. The third kappa shape index (κ3) is 5.30. The summed E-state index contributed by atoms with van der Waals surface area (Å²) in [5.41, 5.74) is 1.73. The van der Waals surface area contributed by atoms with E-state index in [0.29, 0.717) is 24.9 Å². The van der Waals surface area contributed by atoms with E-state index >= 15 is 0 Å². The van der Waals surface area contributed by atoms with Crippen LogP contribution in [0.25, 0.3) is 0 Å². The van der Waals surface area contributed by atoms with Crippen LogP contribution in [-0.2, 0) is 17.8 Å². The van der Waals surface area contributed by atoms with E-state index in [4.69, 9.17) is 5.11 Å². The van der Waals surface area contributed by atoms with Crippen molar-refractivity contribution in [3.8, 4) is 0 Å². The van der Waals surface area contributed by atoms with E-state index in [0.717, 1.165) is 5.56 Å². The number of carboxylic acids is 1. The first-order valence-electron chi connectivity index (χ1n) is 7.37. The molecule has 0 aliphatic carbocycles. The molecule has 0 aliphatic heterocycles. The fraction of sp³-hybridized carbons (Fsp3) is 0.278. The van der Waals surface area contributed by atoms with Gasteiger partial charge in [0, 0.05) is 12.6 Å². The minimum Gasteiger partial charge on any atom is -0.481 e. The Labute approximate surface area is 129 Å². The molecule has 116 valence electrons. The second-order valence-corrected chi connectivity index (χ2v) is 5.29. The van der Waals surface area contributed by atoms with Crippen molar-refractivity contribution in [2.45, 2.75) is 31.8 Å². The van der Waals surface area contributed by atoms with Crippen LogP contribution in [0.3, 0.4) is 0 Å². The SMILES string of the molecule is O=C(O)CC(CCc1ccccc1F)NCc1ccccc1. The average Bonchev–Trinajstić information content (AvgIpc) is 2.52. The van der Waals surface area contributed by atoms with Crippen molar-refractivity contribution in [3.05, 3.63) is 71.5 Å². The van der Waals surface area contributed by atoms with Crippen molar-refractivity contribution < 1.29 is 14.3 Å². The number of rotatable bonds is 8. The van der Waals surface area contributed by atoms with Crippen LogP contribution in [-0.4, -0.2) is 17.1 Å². The molecule has 1 unspecified atom stereocenters. The van der Waals surface area contributed by atoms with Gasteiger partial charge in [-0.25, -0.2) is 4.39 Å². The van der Waals surface area contributed by atoms with Crippen molar-refractivity contribution in [1.82, 2.24) is 5.32 Å². The minimum absolute atomic E-state index is 0.0291. The van der Waals surface area contributed by atoms with Gasteiger partial charge >= 0.3 is 5.97 Å². The highest BCUT2D eigenvalue weighted by atomic mass is 19.1. The molecule has 0 amide bonds. The van der Waals surface area contributed by atoms with Gasteiger partial charge in [-0.2, -0.15) is 0 Å². The number of nitrogens with one attached hydrogen (secondary N) is 1. The van der Waals surface area contributed by atoms with Crippen LogP contribution >= 0.6 is 0 Å². The molecule has 1 atom stereocenters. The van der Waals surface area contributed by atoms with Gasteiger partial charge in [0.15, 0.2) is 0 Å². The Morgan fingerprint density at radius 2 is 1.77 bits per heavy atom. The molecule has 0 saturated heterocycles. The number of halogens is 1. The molecule has 0 aromatic heterocycles. The Morgan fingerprint density at radius 3 is 2.45 bits per heavy atom. The van der Waals surface area contributed by atoms with Gasteiger partial charge in [0.2, 0.25) is 0 Å². The number of hydrogen-bond donors (Lipinski definition) is 2. The Balaban J connectivity index is 1.91. The van der Waals surface area contributed by atoms with E-state index in [9.17, 15) is 9.18 Å². The summed E-state index contributed by atoms with van der Waals surface area (Å²) in [5.74, 6) is -1.08. The fourth-order valence-corrected chi connectivity index (χ4v) is 2.38. The zero-order valence-corrected chi connectivity index (χ0v) is 12.3. The van der Waals surface area contributed by atoms with Gasteiger partial charge in [-0.3, -0.25) is 4.79 Å². The number of hydrogen-bond acceptors (Lipinski definition) is 2. The highest BCUT2D eigenvalue weighted by Gasteiger charge is 2.14. The summed E-state index contributed by atoms with van der Waals surface area (Å²) in [6.07, 6.45) is 1.13. The van der Waals surface area contributed by atoms with Crippen molar-refractivity contribution in [2.24, 2.45) is 0 Å². The van der Waals surface area contributed by atoms with Crippen molar-refractivity contribution in [2.75, 3.05) is 0 Å². The number of carboxylic acid groups (broad SMARTS) is 1. The summed E-state index contributed by atoms with van der Waals surface area (Å²) in [5, 5.41) is 12.3. The highest BCUT2D eigenvalue weighted by Crippen LogP contribution is 2.12. The van der Waals surface area contributed by atoms with E-state index < -0.39 is 5.97 Å². The lowest BCUT2D eigenvalue weighted by Crippen LogP contribution is -2.31. The van der Waals surface area contributed by atoms with Crippen LogP contribution in [0, 0.1) is 5.82 Å². The zero-order valence-electron chi connectivity index (χ0n) is 12.3. The van der Waals surface area contributed by atoms with Crippen LogP contribution in [0.1, 0.15) is 24.0 Å². The predicted molar refractivity (Wildman–Crippen MR) is 84.0 cm³/mol. The van der Waals surface area contributed by atoms with Crippen LogP contribution in [0.2, 0.25) is 0 Å². The molecule has 0 fully saturated rings. The lowest BCUT2D eigenvalue weighted by atomic mass is 10.0. The van der Waals surface area contributed by atoms with E-state index in [-0.39, 0.29) is 18.3 Å². The normalized spacial score (nSPS) is 12.0. The first kappa shape index (κ1) is 16.2. The number of aryl methyl sites for hydroxylation is 1. The van der Waals surface area contributed by atoms with Crippen molar-refractivity contribution in [1.29, 1.82) is 0 Å². The third-order valence-electron chi connectivity index (χ3n) is 3.58. The predicted octanol–water partition coefficient (Wildman–Crippen LogP) is 3.39. The molecule has 22 heavy (non-hydrogen) atoms. The summed E-state index contributed by atoms with van der Waals surface area (Å²) in [6, 6.07) is 16.2. The zero-order chi connectivity index (χ0) is 15.8. The van der Waals surface area contributed by atoms with Crippen LogP contribution < -0.4 is 5.32 Å². The van der Waals surface area contributed by atoms with Crippen molar-refractivity contribution in [3.63, 3.8) is 0 Å². The number of benzene rings is 2. The Morgan fingerprint density at radius 1 is 1.09 bits per heavy atom. The lowest BCUT2D eigenvalue weighted by molar-refractivity contribution is -0.137. The molecule has 0 radical (unpaired) electrons. The van der Waals surface area contributed by atoms with Gasteiger partial charge < -0.3 is 10.4 Å². The Hall–Kier alpha value is -2.20. The van der Waals surface area contributed by atoms with Gasteiger partial charge in [0.1, 0.15) is 5.82 Å². The van der Waals surface area contributed by atoms with Crippen LogP contribution in [0.5, 0.6) is 0 Å². The first-order valence-corrected chi connectivity index (χ1v) is 7.37. The monoisotopic (exact) mass is 301 g/mol. The van der Waals surface area contributed by atoms with E-state index in [1.807, 2.05) is 30.3 Å². The largest absolute Gasteiger partial charge is 0.481 e. The smallest absolute Gasteiger partial charge is 0.304 e. The maximum atomic E-state index is 13.6. The third-order valence-corrected chi connectivity index (χ3v) is 3.58. The molecule has 0 spiro atoms. The second kappa shape index (κ2) is 8.29. The topological polar surface area (TPSA) is 49.3 Å². The quantitative estimate of drug-likeness (QED) is 0.786. The minimum atomic E-state index is -0.848.